The summed E-state index contributed by atoms with van der Waals surface area (Å²) in [6, 6.07) is 0.531. The van der Waals surface area contributed by atoms with Gasteiger partial charge in [-0.25, -0.2) is 0 Å². The Bertz CT molecular complexity index is 250. The molecule has 2 heteroatoms. The van der Waals surface area contributed by atoms with Crippen LogP contribution in [-0.2, 0) is 6.42 Å². The molecule has 0 amide bonds. The zero-order chi connectivity index (χ0) is 9.14. The van der Waals surface area contributed by atoms with Crippen LogP contribution in [0.4, 0.5) is 0 Å². The van der Waals surface area contributed by atoms with Crippen molar-refractivity contribution in [1.29, 1.82) is 0 Å². The molecule has 0 fully saturated rings. The molecule has 2 nitrogen and oxygen atoms in total. The Balaban J connectivity index is 2.88. The summed E-state index contributed by atoms with van der Waals surface area (Å²) in [5, 5.41) is 4.52. The van der Waals surface area contributed by atoms with Crippen LogP contribution < -0.4 is 0 Å². The van der Waals surface area contributed by atoms with Crippen molar-refractivity contribution >= 4 is 0 Å². The van der Waals surface area contributed by atoms with E-state index in [1.807, 2.05) is 0 Å². The van der Waals surface area contributed by atoms with Gasteiger partial charge in [0.15, 0.2) is 0 Å². The maximum absolute atomic E-state index is 4.52. The molecule has 1 atom stereocenters. The molecule has 68 valence electrons. The normalized spacial score (nSPS) is 13.3. The molecular formula is C10H18N2. The topological polar surface area (TPSA) is 17.8 Å². The first-order chi connectivity index (χ1) is 5.69. The van der Waals surface area contributed by atoms with Gasteiger partial charge in [0.2, 0.25) is 0 Å². The maximum Gasteiger partial charge on any atom is 0.0651 e. The Kier molecular flexibility index (Phi) is 2.90. The van der Waals surface area contributed by atoms with Gasteiger partial charge in [-0.1, -0.05) is 13.8 Å². The molecule has 0 spiro atoms. The molecule has 0 N–H and O–H groups in total. The molecule has 1 heterocycles. The lowest BCUT2D eigenvalue weighted by molar-refractivity contribution is 0.474. The van der Waals surface area contributed by atoms with E-state index in [0.29, 0.717) is 6.04 Å². The van der Waals surface area contributed by atoms with Crippen LogP contribution in [-0.4, -0.2) is 9.78 Å². The van der Waals surface area contributed by atoms with E-state index in [2.05, 4.69) is 43.7 Å². The number of aromatic nitrogens is 2. The molecule has 0 aliphatic heterocycles. The minimum Gasteiger partial charge on any atom is -0.269 e. The third-order valence-corrected chi connectivity index (χ3v) is 2.39. The monoisotopic (exact) mass is 166 g/mol. The van der Waals surface area contributed by atoms with Crippen molar-refractivity contribution in [2.24, 2.45) is 0 Å². The average Bonchev–Trinajstić information content (AvgIpc) is 2.45. The third-order valence-electron chi connectivity index (χ3n) is 2.39. The van der Waals surface area contributed by atoms with Crippen LogP contribution in [0.3, 0.4) is 0 Å². The molecule has 0 saturated carbocycles. The van der Waals surface area contributed by atoms with Gasteiger partial charge < -0.3 is 0 Å². The van der Waals surface area contributed by atoms with Gasteiger partial charge in [0.25, 0.3) is 0 Å². The third kappa shape index (κ3) is 1.68. The molecule has 1 aromatic rings. The highest BCUT2D eigenvalue weighted by molar-refractivity contribution is 5.14. The number of hydrogen-bond donors (Lipinski definition) is 0. The highest BCUT2D eigenvalue weighted by Crippen LogP contribution is 2.13. The van der Waals surface area contributed by atoms with Crippen LogP contribution in [0.25, 0.3) is 0 Å². The van der Waals surface area contributed by atoms with Crippen LogP contribution >= 0.6 is 0 Å². The van der Waals surface area contributed by atoms with Gasteiger partial charge in [-0.15, -0.1) is 0 Å². The largest absolute Gasteiger partial charge is 0.269 e. The van der Waals surface area contributed by atoms with E-state index in [1.165, 1.54) is 11.3 Å². The van der Waals surface area contributed by atoms with Crippen molar-refractivity contribution in [2.45, 2.75) is 46.6 Å². The second kappa shape index (κ2) is 3.74. The lowest BCUT2D eigenvalue weighted by atomic mass is 10.2. The summed E-state index contributed by atoms with van der Waals surface area (Å²) < 4.78 is 2.08. The van der Waals surface area contributed by atoms with Gasteiger partial charge >= 0.3 is 0 Å². The van der Waals surface area contributed by atoms with Crippen molar-refractivity contribution in [3.8, 4) is 0 Å². The lowest BCUT2D eigenvalue weighted by Gasteiger charge is -2.07. The van der Waals surface area contributed by atoms with Gasteiger partial charge in [-0.05, 0) is 32.3 Å². The second-order valence-electron chi connectivity index (χ2n) is 3.35. The fourth-order valence-corrected chi connectivity index (χ4v) is 1.28. The van der Waals surface area contributed by atoms with Crippen LogP contribution in [0.1, 0.15) is 44.5 Å². The first-order valence-electron chi connectivity index (χ1n) is 4.73. The van der Waals surface area contributed by atoms with Gasteiger partial charge in [0, 0.05) is 12.2 Å². The molecule has 1 rings (SSSR count). The van der Waals surface area contributed by atoms with Gasteiger partial charge in [0.1, 0.15) is 0 Å². The van der Waals surface area contributed by atoms with Gasteiger partial charge in [0.05, 0.1) is 5.69 Å². The molecule has 12 heavy (non-hydrogen) atoms. The fraction of sp³-hybridized carbons (Fsp3) is 0.700. The molecule has 0 aromatic carbocycles. The summed E-state index contributed by atoms with van der Waals surface area (Å²) in [4.78, 5) is 0. The van der Waals surface area contributed by atoms with Crippen molar-refractivity contribution in [1.82, 2.24) is 9.78 Å². The van der Waals surface area contributed by atoms with Crippen molar-refractivity contribution in [3.05, 3.63) is 17.5 Å². The van der Waals surface area contributed by atoms with E-state index in [-0.39, 0.29) is 0 Å². The average molecular weight is 166 g/mol. The van der Waals surface area contributed by atoms with E-state index in [9.17, 15) is 0 Å². The quantitative estimate of drug-likeness (QED) is 0.675. The fourth-order valence-electron chi connectivity index (χ4n) is 1.28. The van der Waals surface area contributed by atoms with Gasteiger partial charge in [-0.2, -0.15) is 5.10 Å². The molecule has 1 aromatic heterocycles. The summed E-state index contributed by atoms with van der Waals surface area (Å²) in [5.74, 6) is 0. The number of hydrogen-bond acceptors (Lipinski definition) is 1. The van der Waals surface area contributed by atoms with Crippen molar-refractivity contribution in [2.75, 3.05) is 0 Å². The summed E-state index contributed by atoms with van der Waals surface area (Å²) in [5.41, 5.74) is 2.55. The van der Waals surface area contributed by atoms with Crippen LogP contribution in [0.5, 0.6) is 0 Å². The minimum atomic E-state index is 0.531. The van der Waals surface area contributed by atoms with Crippen LogP contribution in [0, 0.1) is 6.92 Å². The van der Waals surface area contributed by atoms with Gasteiger partial charge in [-0.3, -0.25) is 4.68 Å². The summed E-state index contributed by atoms with van der Waals surface area (Å²) in [6.07, 6.45) is 4.33. The minimum absolute atomic E-state index is 0.531. The molecule has 0 radical (unpaired) electrons. The van der Waals surface area contributed by atoms with E-state index in [4.69, 9.17) is 0 Å². The number of rotatable bonds is 3. The Morgan fingerprint density at radius 3 is 2.58 bits per heavy atom. The molecule has 0 saturated heterocycles. The predicted octanol–water partition coefficient (Wildman–Crippen LogP) is 2.72. The predicted molar refractivity (Wildman–Crippen MR) is 51.3 cm³/mol. The summed E-state index contributed by atoms with van der Waals surface area (Å²) in [7, 11) is 0. The zero-order valence-corrected chi connectivity index (χ0v) is 8.46. The highest BCUT2D eigenvalue weighted by Gasteiger charge is 2.06. The second-order valence-corrected chi connectivity index (χ2v) is 3.35. The van der Waals surface area contributed by atoms with E-state index in [1.54, 1.807) is 0 Å². The molecule has 0 aliphatic rings. The zero-order valence-electron chi connectivity index (χ0n) is 8.46. The van der Waals surface area contributed by atoms with E-state index < -0.39 is 0 Å². The lowest BCUT2D eigenvalue weighted by Crippen LogP contribution is -2.04. The number of aryl methyl sites for hydroxylation is 2. The first-order valence-corrected chi connectivity index (χ1v) is 4.73. The summed E-state index contributed by atoms with van der Waals surface area (Å²) in [6.45, 7) is 8.67. The Labute approximate surface area is 74.6 Å². The maximum atomic E-state index is 4.52. The Hall–Kier alpha value is -0.790. The van der Waals surface area contributed by atoms with Crippen LogP contribution in [0.15, 0.2) is 6.20 Å². The summed E-state index contributed by atoms with van der Waals surface area (Å²) >= 11 is 0. The molecule has 0 aliphatic carbocycles. The first kappa shape index (κ1) is 9.30. The van der Waals surface area contributed by atoms with Crippen molar-refractivity contribution in [3.63, 3.8) is 0 Å². The Morgan fingerprint density at radius 2 is 2.17 bits per heavy atom. The number of nitrogens with zero attached hydrogens (tertiary/aromatic N) is 2. The molecule has 1 unspecified atom stereocenters. The van der Waals surface area contributed by atoms with E-state index >= 15 is 0 Å². The standard InChI is InChI=1S/C10H18N2/c1-5-9(4)12-7-8(3)10(6-2)11-12/h7,9H,5-6H2,1-4H3. The van der Waals surface area contributed by atoms with Crippen molar-refractivity contribution < 1.29 is 0 Å². The molecular weight excluding hydrogens is 148 g/mol. The Morgan fingerprint density at radius 1 is 1.50 bits per heavy atom. The molecule has 0 bridgehead atoms. The smallest absolute Gasteiger partial charge is 0.0651 e. The highest BCUT2D eigenvalue weighted by atomic mass is 15.3. The van der Waals surface area contributed by atoms with Crippen LogP contribution in [0.2, 0.25) is 0 Å². The SMILES string of the molecule is CCc1nn(C(C)CC)cc1C. The van der Waals surface area contributed by atoms with E-state index in [0.717, 1.165) is 12.8 Å².